The van der Waals surface area contributed by atoms with Crippen LogP contribution in [0.1, 0.15) is 16.7 Å². The van der Waals surface area contributed by atoms with E-state index in [1.54, 1.807) is 13.3 Å². The minimum Gasteiger partial charge on any atom is -0.497 e. The summed E-state index contributed by atoms with van der Waals surface area (Å²) in [6, 6.07) is 18.9. The number of nitrogens with zero attached hydrogens (tertiary/aromatic N) is 1. The summed E-state index contributed by atoms with van der Waals surface area (Å²) in [4.78, 5) is 12.1. The van der Waals surface area contributed by atoms with Crippen molar-refractivity contribution in [2.24, 2.45) is 5.10 Å². The number of amides is 1. The van der Waals surface area contributed by atoms with Crippen molar-refractivity contribution in [3.63, 3.8) is 0 Å². The molecule has 0 aliphatic carbocycles. The first-order valence-corrected chi connectivity index (χ1v) is 11.8. The van der Waals surface area contributed by atoms with Gasteiger partial charge in [0.25, 0.3) is 0 Å². The molecule has 5 nitrogen and oxygen atoms in total. The van der Waals surface area contributed by atoms with Crippen molar-refractivity contribution in [1.82, 2.24) is 5.43 Å². The predicted octanol–water partition coefficient (Wildman–Crippen LogP) is 5.83. The van der Waals surface area contributed by atoms with Crippen molar-refractivity contribution < 1.29 is 14.3 Å². The number of hydrazone groups is 1. The average Bonchev–Trinajstić information content (AvgIpc) is 2.75. The molecule has 0 spiro atoms. The molecule has 0 radical (unpaired) electrons. The highest BCUT2D eigenvalue weighted by Gasteiger charge is 2.09. The van der Waals surface area contributed by atoms with Gasteiger partial charge in [0.1, 0.15) is 18.1 Å². The first-order valence-electron chi connectivity index (χ1n) is 9.25. The van der Waals surface area contributed by atoms with Crippen LogP contribution in [0.3, 0.4) is 0 Å². The molecule has 0 aliphatic rings. The molecule has 0 fully saturated rings. The van der Waals surface area contributed by atoms with E-state index in [-0.39, 0.29) is 12.3 Å². The molecule has 0 unspecified atom stereocenters. The molecule has 1 amide bonds. The van der Waals surface area contributed by atoms with Crippen LogP contribution >= 0.6 is 56.8 Å². The normalized spacial score (nSPS) is 10.8. The summed E-state index contributed by atoms with van der Waals surface area (Å²) in [5.41, 5.74) is 5.37. The van der Waals surface area contributed by atoms with Gasteiger partial charge in [0.15, 0.2) is 0 Å². The molecule has 0 aromatic heterocycles. The van der Waals surface area contributed by atoms with Crippen LogP contribution in [-0.4, -0.2) is 19.2 Å². The second-order valence-electron chi connectivity index (χ2n) is 6.55. The van der Waals surface area contributed by atoms with Gasteiger partial charge in [0.2, 0.25) is 5.91 Å². The number of halogens is 3. The van der Waals surface area contributed by atoms with E-state index in [1.807, 2.05) is 60.7 Å². The quantitative estimate of drug-likeness (QED) is 0.188. The molecule has 3 rings (SSSR count). The third-order valence-corrected chi connectivity index (χ3v) is 6.10. The van der Waals surface area contributed by atoms with Gasteiger partial charge < -0.3 is 9.47 Å². The molecule has 31 heavy (non-hydrogen) atoms. The number of hydrogen-bond acceptors (Lipinski definition) is 4. The van der Waals surface area contributed by atoms with Gasteiger partial charge in [0, 0.05) is 5.02 Å². The smallest absolute Gasteiger partial charge is 0.244 e. The van der Waals surface area contributed by atoms with Crippen molar-refractivity contribution in [1.29, 1.82) is 0 Å². The van der Waals surface area contributed by atoms with E-state index in [2.05, 4.69) is 55.7 Å². The fraction of sp³-hybridized carbons (Fsp3) is 0.130. The molecule has 0 aliphatic heterocycles. The maximum Gasteiger partial charge on any atom is 0.244 e. The minimum absolute atomic E-state index is 0.186. The zero-order valence-corrected chi connectivity index (χ0v) is 21.6. The highest BCUT2D eigenvalue weighted by molar-refractivity contribution is 14.1. The van der Waals surface area contributed by atoms with E-state index in [9.17, 15) is 4.79 Å². The van der Waals surface area contributed by atoms with Gasteiger partial charge in [-0.05, 0) is 98.3 Å². The van der Waals surface area contributed by atoms with Gasteiger partial charge in [-0.15, -0.1) is 0 Å². The van der Waals surface area contributed by atoms with Crippen molar-refractivity contribution in [3.8, 4) is 11.5 Å². The third-order valence-electron chi connectivity index (χ3n) is 4.24. The number of nitrogens with one attached hydrogen (secondary N) is 1. The first kappa shape index (κ1) is 23.8. The number of hydrogen-bond donors (Lipinski definition) is 1. The van der Waals surface area contributed by atoms with E-state index in [4.69, 9.17) is 21.1 Å². The Morgan fingerprint density at radius 2 is 1.65 bits per heavy atom. The summed E-state index contributed by atoms with van der Waals surface area (Å²) >= 11 is 10.4. The Balaban J connectivity index is 1.56. The van der Waals surface area contributed by atoms with Crippen molar-refractivity contribution in [2.45, 2.75) is 13.0 Å². The van der Waals surface area contributed by atoms with E-state index < -0.39 is 0 Å². The molecule has 0 saturated heterocycles. The van der Waals surface area contributed by atoms with E-state index in [0.29, 0.717) is 11.6 Å². The number of rotatable bonds is 8. The largest absolute Gasteiger partial charge is 0.497 e. The van der Waals surface area contributed by atoms with Crippen LogP contribution in [0, 0.1) is 7.14 Å². The molecular formula is C23H19ClI2N2O3. The highest BCUT2D eigenvalue weighted by atomic mass is 127. The Morgan fingerprint density at radius 1 is 1.03 bits per heavy atom. The summed E-state index contributed by atoms with van der Waals surface area (Å²) in [5, 5.41) is 4.78. The Kier molecular flexibility index (Phi) is 8.97. The van der Waals surface area contributed by atoms with Crippen molar-refractivity contribution in [3.05, 3.63) is 89.5 Å². The van der Waals surface area contributed by atoms with Crippen LogP contribution in [0.5, 0.6) is 11.5 Å². The maximum absolute atomic E-state index is 12.1. The first-order chi connectivity index (χ1) is 14.9. The highest BCUT2D eigenvalue weighted by Crippen LogP contribution is 2.29. The average molecular weight is 661 g/mol. The van der Waals surface area contributed by atoms with Gasteiger partial charge >= 0.3 is 0 Å². The minimum atomic E-state index is -0.186. The van der Waals surface area contributed by atoms with E-state index in [1.165, 1.54) is 0 Å². The van der Waals surface area contributed by atoms with Crippen molar-refractivity contribution in [2.75, 3.05) is 7.11 Å². The fourth-order valence-corrected chi connectivity index (χ4v) is 4.93. The molecule has 3 aromatic rings. The number of carbonyl (C=O) groups is 1. The number of carbonyl (C=O) groups excluding carboxylic acids is 1. The zero-order chi connectivity index (χ0) is 22.2. The van der Waals surface area contributed by atoms with Gasteiger partial charge in [-0.2, -0.15) is 5.10 Å². The van der Waals surface area contributed by atoms with Gasteiger partial charge in [0.05, 0.1) is 26.9 Å². The van der Waals surface area contributed by atoms with E-state index in [0.717, 1.165) is 35.3 Å². The summed E-state index contributed by atoms with van der Waals surface area (Å²) in [7, 11) is 1.61. The summed E-state index contributed by atoms with van der Waals surface area (Å²) in [6.45, 7) is 0.456. The zero-order valence-electron chi connectivity index (χ0n) is 16.6. The summed E-state index contributed by atoms with van der Waals surface area (Å²) < 4.78 is 13.0. The van der Waals surface area contributed by atoms with Crippen LogP contribution in [0.4, 0.5) is 0 Å². The lowest BCUT2D eigenvalue weighted by Crippen LogP contribution is -2.19. The lowest BCUT2D eigenvalue weighted by Gasteiger charge is -2.11. The Labute approximate surface area is 213 Å². The summed E-state index contributed by atoms with van der Waals surface area (Å²) in [6.07, 6.45) is 1.87. The summed E-state index contributed by atoms with van der Waals surface area (Å²) in [5.74, 6) is 1.39. The third kappa shape index (κ3) is 7.36. The molecule has 160 valence electrons. The topological polar surface area (TPSA) is 59.9 Å². The number of ether oxygens (including phenoxy) is 2. The van der Waals surface area contributed by atoms with E-state index >= 15 is 0 Å². The SMILES string of the molecule is COc1ccc(CC(=O)N/N=C\c2cc(I)c(OCc3ccc(Cl)cc3)c(I)c2)cc1. The Bertz CT molecular complexity index is 1050. The lowest BCUT2D eigenvalue weighted by molar-refractivity contribution is -0.120. The second kappa shape index (κ2) is 11.7. The molecule has 1 N–H and O–H groups in total. The molecule has 8 heteroatoms. The van der Waals surface area contributed by atoms with Crippen LogP contribution in [-0.2, 0) is 17.8 Å². The number of methoxy groups -OCH3 is 1. The van der Waals surface area contributed by atoms with Gasteiger partial charge in [-0.25, -0.2) is 5.43 Å². The Morgan fingerprint density at radius 3 is 2.26 bits per heavy atom. The van der Waals surface area contributed by atoms with Gasteiger partial charge in [-0.3, -0.25) is 4.79 Å². The standard InChI is InChI=1S/C23H19ClI2N2O3/c1-30-19-8-4-15(5-9-19)12-22(29)28-27-13-17-10-20(25)23(21(26)11-17)31-14-16-2-6-18(24)7-3-16/h2-11,13H,12,14H2,1H3,(H,28,29)/b27-13-. The van der Waals surface area contributed by atoms with Crippen LogP contribution in [0.15, 0.2) is 65.8 Å². The van der Waals surface area contributed by atoms with Crippen molar-refractivity contribution >= 4 is 68.9 Å². The molecular weight excluding hydrogens is 642 g/mol. The molecule has 0 atom stereocenters. The maximum atomic E-state index is 12.1. The second-order valence-corrected chi connectivity index (χ2v) is 9.31. The Hall–Kier alpha value is -1.85. The van der Waals surface area contributed by atoms with Crippen LogP contribution in [0.25, 0.3) is 0 Å². The number of benzene rings is 3. The molecule has 0 bridgehead atoms. The molecule has 3 aromatic carbocycles. The molecule has 0 saturated carbocycles. The molecule has 0 heterocycles. The van der Waals surface area contributed by atoms with Crippen LogP contribution in [0.2, 0.25) is 5.02 Å². The van der Waals surface area contributed by atoms with Crippen LogP contribution < -0.4 is 14.9 Å². The predicted molar refractivity (Wildman–Crippen MR) is 140 cm³/mol. The van der Waals surface area contributed by atoms with Gasteiger partial charge in [-0.1, -0.05) is 35.9 Å². The lowest BCUT2D eigenvalue weighted by atomic mass is 10.1. The monoisotopic (exact) mass is 660 g/mol. The fourth-order valence-electron chi connectivity index (χ4n) is 2.68.